The average Bonchev–Trinajstić information content (AvgIpc) is 2.91. The number of ether oxygens (including phenoxy) is 3. The predicted octanol–water partition coefficient (Wildman–Crippen LogP) is 1.52. The van der Waals surface area contributed by atoms with E-state index in [-0.39, 0.29) is 11.6 Å². The molecule has 3 rings (SSSR count). The molecular formula is C16H23N3O4. The van der Waals surface area contributed by atoms with Crippen molar-refractivity contribution in [2.24, 2.45) is 0 Å². The first-order valence-electron chi connectivity index (χ1n) is 7.86. The summed E-state index contributed by atoms with van der Waals surface area (Å²) in [5, 5.41) is 0. The molecular weight excluding hydrogens is 298 g/mol. The van der Waals surface area contributed by atoms with E-state index in [1.165, 1.54) is 0 Å². The first-order chi connectivity index (χ1) is 11.1. The Morgan fingerprint density at radius 1 is 1.35 bits per heavy atom. The maximum Gasteiger partial charge on any atom is 0.410 e. The molecule has 2 fully saturated rings. The highest BCUT2D eigenvalue weighted by molar-refractivity contribution is 5.71. The number of carbonyl (C=O) groups is 1. The zero-order valence-corrected chi connectivity index (χ0v) is 13.9. The van der Waals surface area contributed by atoms with E-state index in [0.29, 0.717) is 31.2 Å². The SMILES string of the molecule is CCC12COC(=O)N1CCN(Cc1nccc(OC)c1OC)C2. The molecule has 1 amide bonds. The first-order valence-corrected chi connectivity index (χ1v) is 7.86. The monoisotopic (exact) mass is 321 g/mol. The predicted molar refractivity (Wildman–Crippen MR) is 83.7 cm³/mol. The summed E-state index contributed by atoms with van der Waals surface area (Å²) >= 11 is 0. The molecule has 0 bridgehead atoms. The third-order valence-electron chi connectivity index (χ3n) is 4.81. The maximum atomic E-state index is 11.9. The second kappa shape index (κ2) is 6.23. The normalized spacial score (nSPS) is 24.3. The summed E-state index contributed by atoms with van der Waals surface area (Å²) in [5.41, 5.74) is 0.623. The highest BCUT2D eigenvalue weighted by Gasteiger charge is 2.49. The summed E-state index contributed by atoms with van der Waals surface area (Å²) in [4.78, 5) is 20.5. The van der Waals surface area contributed by atoms with Gasteiger partial charge in [0.1, 0.15) is 12.3 Å². The van der Waals surface area contributed by atoms with Gasteiger partial charge < -0.3 is 14.2 Å². The molecule has 2 aliphatic heterocycles. The van der Waals surface area contributed by atoms with Crippen molar-refractivity contribution in [2.75, 3.05) is 40.5 Å². The van der Waals surface area contributed by atoms with Gasteiger partial charge in [0, 0.05) is 38.4 Å². The fourth-order valence-corrected chi connectivity index (χ4v) is 3.46. The van der Waals surface area contributed by atoms with E-state index in [1.807, 2.05) is 4.90 Å². The lowest BCUT2D eigenvalue weighted by Gasteiger charge is -2.44. The topological polar surface area (TPSA) is 64.1 Å². The molecule has 0 saturated carbocycles. The minimum absolute atomic E-state index is 0.191. The minimum Gasteiger partial charge on any atom is -0.493 e. The summed E-state index contributed by atoms with van der Waals surface area (Å²) in [6.07, 6.45) is 2.41. The summed E-state index contributed by atoms with van der Waals surface area (Å²) in [7, 11) is 3.24. The molecule has 1 unspecified atom stereocenters. The van der Waals surface area contributed by atoms with E-state index in [9.17, 15) is 4.79 Å². The summed E-state index contributed by atoms with van der Waals surface area (Å²) in [6.45, 7) is 5.46. The molecule has 7 heteroatoms. The number of rotatable bonds is 5. The van der Waals surface area contributed by atoms with Gasteiger partial charge in [-0.2, -0.15) is 0 Å². The standard InChI is InChI=1S/C16H23N3O4/c1-4-16-10-18(7-8-19(16)15(20)23-11-16)9-12-14(22-3)13(21-2)5-6-17-12/h5-6H,4,7-11H2,1-3H3. The number of nitrogens with zero attached hydrogens (tertiary/aromatic N) is 3. The molecule has 1 aromatic heterocycles. The van der Waals surface area contributed by atoms with Crippen molar-refractivity contribution in [2.45, 2.75) is 25.4 Å². The van der Waals surface area contributed by atoms with Gasteiger partial charge in [0.05, 0.1) is 19.8 Å². The van der Waals surface area contributed by atoms with Gasteiger partial charge in [0.25, 0.3) is 0 Å². The van der Waals surface area contributed by atoms with Gasteiger partial charge in [-0.1, -0.05) is 6.92 Å². The quantitative estimate of drug-likeness (QED) is 0.819. The van der Waals surface area contributed by atoms with Crippen molar-refractivity contribution in [3.05, 3.63) is 18.0 Å². The molecule has 3 heterocycles. The van der Waals surface area contributed by atoms with Crippen molar-refractivity contribution in [3.63, 3.8) is 0 Å². The molecule has 0 N–H and O–H groups in total. The largest absolute Gasteiger partial charge is 0.493 e. The molecule has 0 aliphatic carbocycles. The van der Waals surface area contributed by atoms with E-state index in [4.69, 9.17) is 14.2 Å². The molecule has 7 nitrogen and oxygen atoms in total. The zero-order valence-electron chi connectivity index (χ0n) is 13.9. The lowest BCUT2D eigenvalue weighted by Crippen LogP contribution is -2.60. The molecule has 0 aromatic carbocycles. The Bertz CT molecular complexity index is 595. The fourth-order valence-electron chi connectivity index (χ4n) is 3.46. The van der Waals surface area contributed by atoms with Crippen LogP contribution in [0.2, 0.25) is 0 Å². The lowest BCUT2D eigenvalue weighted by atomic mass is 9.93. The van der Waals surface area contributed by atoms with Gasteiger partial charge in [0.15, 0.2) is 11.5 Å². The first kappa shape index (κ1) is 15.9. The zero-order chi connectivity index (χ0) is 16.4. The number of piperazine rings is 1. The number of carbonyl (C=O) groups excluding carboxylic acids is 1. The van der Waals surface area contributed by atoms with Gasteiger partial charge in [-0.3, -0.25) is 14.8 Å². The summed E-state index contributed by atoms with van der Waals surface area (Å²) in [5.74, 6) is 1.35. The lowest BCUT2D eigenvalue weighted by molar-refractivity contribution is 0.0439. The molecule has 126 valence electrons. The highest BCUT2D eigenvalue weighted by Crippen LogP contribution is 2.34. The van der Waals surface area contributed by atoms with Crippen molar-refractivity contribution >= 4 is 6.09 Å². The molecule has 1 aromatic rings. The Kier molecular flexibility index (Phi) is 4.30. The van der Waals surface area contributed by atoms with Crippen LogP contribution in [0, 0.1) is 0 Å². The minimum atomic E-state index is -0.221. The van der Waals surface area contributed by atoms with Gasteiger partial charge in [-0.25, -0.2) is 4.79 Å². The van der Waals surface area contributed by atoms with Crippen molar-refractivity contribution in [3.8, 4) is 11.5 Å². The van der Waals surface area contributed by atoms with Crippen LogP contribution in [0.3, 0.4) is 0 Å². The van der Waals surface area contributed by atoms with Crippen LogP contribution in [0.25, 0.3) is 0 Å². The van der Waals surface area contributed by atoms with Gasteiger partial charge >= 0.3 is 6.09 Å². The Morgan fingerprint density at radius 2 is 2.17 bits per heavy atom. The molecule has 2 saturated heterocycles. The number of aromatic nitrogens is 1. The number of hydrogen-bond acceptors (Lipinski definition) is 6. The number of amides is 1. The maximum absolute atomic E-state index is 11.9. The molecule has 1 atom stereocenters. The van der Waals surface area contributed by atoms with Crippen LogP contribution in [0.4, 0.5) is 4.79 Å². The number of methoxy groups -OCH3 is 2. The van der Waals surface area contributed by atoms with Crippen molar-refractivity contribution in [1.29, 1.82) is 0 Å². The number of hydrogen-bond donors (Lipinski definition) is 0. The molecule has 2 aliphatic rings. The Labute approximate surface area is 136 Å². The molecule has 23 heavy (non-hydrogen) atoms. The van der Waals surface area contributed by atoms with Crippen LogP contribution < -0.4 is 9.47 Å². The second-order valence-corrected chi connectivity index (χ2v) is 5.99. The van der Waals surface area contributed by atoms with Gasteiger partial charge in [-0.05, 0) is 6.42 Å². The fraction of sp³-hybridized carbons (Fsp3) is 0.625. The van der Waals surface area contributed by atoms with E-state index in [2.05, 4.69) is 16.8 Å². The smallest absolute Gasteiger partial charge is 0.410 e. The molecule has 0 radical (unpaired) electrons. The van der Waals surface area contributed by atoms with E-state index < -0.39 is 0 Å². The molecule has 0 spiro atoms. The third-order valence-corrected chi connectivity index (χ3v) is 4.81. The Balaban J connectivity index is 1.78. The van der Waals surface area contributed by atoms with Gasteiger partial charge in [0.2, 0.25) is 0 Å². The van der Waals surface area contributed by atoms with Gasteiger partial charge in [-0.15, -0.1) is 0 Å². The van der Waals surface area contributed by atoms with Crippen LogP contribution in [-0.4, -0.2) is 66.9 Å². The van der Waals surface area contributed by atoms with Crippen LogP contribution in [-0.2, 0) is 11.3 Å². The highest BCUT2D eigenvalue weighted by atomic mass is 16.6. The Hall–Kier alpha value is -2.02. The number of fused-ring (bicyclic) bond motifs is 1. The average molecular weight is 321 g/mol. The van der Waals surface area contributed by atoms with Crippen LogP contribution >= 0.6 is 0 Å². The van der Waals surface area contributed by atoms with Crippen molar-refractivity contribution < 1.29 is 19.0 Å². The van der Waals surface area contributed by atoms with E-state index >= 15 is 0 Å². The third kappa shape index (κ3) is 2.69. The van der Waals surface area contributed by atoms with E-state index in [1.54, 1.807) is 26.5 Å². The van der Waals surface area contributed by atoms with Crippen molar-refractivity contribution in [1.82, 2.24) is 14.8 Å². The van der Waals surface area contributed by atoms with Crippen LogP contribution in [0.15, 0.2) is 12.3 Å². The summed E-state index contributed by atoms with van der Waals surface area (Å²) in [6, 6.07) is 1.79. The van der Waals surface area contributed by atoms with E-state index in [0.717, 1.165) is 25.2 Å². The number of pyridine rings is 1. The van der Waals surface area contributed by atoms with Crippen LogP contribution in [0.1, 0.15) is 19.0 Å². The second-order valence-electron chi connectivity index (χ2n) is 5.99. The summed E-state index contributed by atoms with van der Waals surface area (Å²) < 4.78 is 16.1. The Morgan fingerprint density at radius 3 is 2.87 bits per heavy atom. The van der Waals surface area contributed by atoms with Crippen LogP contribution in [0.5, 0.6) is 11.5 Å². The number of cyclic esters (lactones) is 1.